The maximum absolute atomic E-state index is 12.3. The van der Waals surface area contributed by atoms with Crippen molar-refractivity contribution in [1.29, 1.82) is 0 Å². The zero-order chi connectivity index (χ0) is 15.7. The first-order chi connectivity index (χ1) is 9.76. The van der Waals surface area contributed by atoms with Crippen molar-refractivity contribution in [3.8, 4) is 0 Å². The summed E-state index contributed by atoms with van der Waals surface area (Å²) >= 11 is 0. The molecule has 3 N–H and O–H groups in total. The Kier molecular flexibility index (Phi) is 4.89. The summed E-state index contributed by atoms with van der Waals surface area (Å²) in [4.78, 5) is 11.2. The normalized spacial score (nSPS) is 35.0. The van der Waals surface area contributed by atoms with Crippen LogP contribution in [0.15, 0.2) is 0 Å². The Labute approximate surface area is 124 Å². The molecule has 0 saturated carbocycles. The number of nitrogens with one attached hydrogen (secondary N) is 1. The Morgan fingerprint density at radius 1 is 1.48 bits per heavy atom. The smallest absolute Gasteiger partial charge is 0.322 e. The van der Waals surface area contributed by atoms with Gasteiger partial charge >= 0.3 is 5.97 Å². The molecule has 3 atom stereocenters. The van der Waals surface area contributed by atoms with E-state index in [4.69, 9.17) is 9.84 Å². The highest BCUT2D eigenvalue weighted by Gasteiger charge is 2.42. The molecule has 0 aromatic rings. The van der Waals surface area contributed by atoms with E-state index < -0.39 is 33.9 Å². The van der Waals surface area contributed by atoms with Crippen molar-refractivity contribution in [1.82, 2.24) is 9.03 Å². The number of ether oxygens (including phenoxy) is 1. The molecular weight excluding hydrogens is 300 g/mol. The van der Waals surface area contributed by atoms with Gasteiger partial charge in [-0.05, 0) is 26.2 Å². The fourth-order valence-electron chi connectivity index (χ4n) is 2.74. The van der Waals surface area contributed by atoms with Gasteiger partial charge in [-0.25, -0.2) is 0 Å². The molecule has 0 amide bonds. The number of nitrogens with zero attached hydrogens (tertiary/aromatic N) is 1. The fraction of sp³-hybridized carbons (Fsp3) is 0.917. The lowest BCUT2D eigenvalue weighted by Crippen LogP contribution is -2.55. The van der Waals surface area contributed by atoms with Gasteiger partial charge in [-0.3, -0.25) is 4.79 Å². The highest BCUT2D eigenvalue weighted by atomic mass is 32.2. The van der Waals surface area contributed by atoms with Crippen molar-refractivity contribution in [2.24, 2.45) is 0 Å². The van der Waals surface area contributed by atoms with Crippen molar-refractivity contribution in [2.75, 3.05) is 19.7 Å². The van der Waals surface area contributed by atoms with Gasteiger partial charge in [0.25, 0.3) is 10.2 Å². The summed E-state index contributed by atoms with van der Waals surface area (Å²) in [6.07, 6.45) is 1.52. The first kappa shape index (κ1) is 16.6. The lowest BCUT2D eigenvalue weighted by molar-refractivity contribution is -0.142. The van der Waals surface area contributed by atoms with Gasteiger partial charge in [-0.15, -0.1) is 0 Å². The van der Waals surface area contributed by atoms with Crippen LogP contribution in [0.2, 0.25) is 0 Å². The molecule has 2 rings (SSSR count). The lowest BCUT2D eigenvalue weighted by atomic mass is 9.97. The molecule has 122 valence electrons. The average molecular weight is 322 g/mol. The third kappa shape index (κ3) is 3.54. The van der Waals surface area contributed by atoms with Crippen molar-refractivity contribution in [3.05, 3.63) is 0 Å². The second kappa shape index (κ2) is 6.17. The summed E-state index contributed by atoms with van der Waals surface area (Å²) in [6.45, 7) is 2.05. The Morgan fingerprint density at radius 2 is 2.19 bits per heavy atom. The van der Waals surface area contributed by atoms with Crippen LogP contribution in [0.4, 0.5) is 0 Å². The SMILES string of the molecule is CC1OCCC1(O)CNS(=O)(=O)N1CCCCC1C(=O)O. The van der Waals surface area contributed by atoms with Gasteiger partial charge in [-0.2, -0.15) is 17.4 Å². The Hall–Kier alpha value is -0.740. The van der Waals surface area contributed by atoms with E-state index in [1.807, 2.05) is 0 Å². The van der Waals surface area contributed by atoms with Crippen LogP contribution in [-0.2, 0) is 19.7 Å². The molecule has 0 bridgehead atoms. The third-order valence-corrected chi connectivity index (χ3v) is 5.83. The number of rotatable bonds is 5. The predicted molar refractivity (Wildman–Crippen MR) is 73.9 cm³/mol. The number of hydrogen-bond donors (Lipinski definition) is 3. The molecule has 0 radical (unpaired) electrons. The monoisotopic (exact) mass is 322 g/mol. The van der Waals surface area contributed by atoms with Crippen LogP contribution in [-0.4, -0.2) is 66.3 Å². The number of aliphatic carboxylic acids is 1. The van der Waals surface area contributed by atoms with E-state index in [9.17, 15) is 18.3 Å². The highest BCUT2D eigenvalue weighted by molar-refractivity contribution is 7.87. The van der Waals surface area contributed by atoms with Crippen LogP contribution in [0.5, 0.6) is 0 Å². The quantitative estimate of drug-likeness (QED) is 0.616. The molecule has 0 aromatic heterocycles. The number of piperidine rings is 1. The molecule has 0 aromatic carbocycles. The van der Waals surface area contributed by atoms with Crippen molar-refractivity contribution < 1.29 is 28.2 Å². The van der Waals surface area contributed by atoms with Crippen molar-refractivity contribution in [3.63, 3.8) is 0 Å². The van der Waals surface area contributed by atoms with Gasteiger partial charge in [0, 0.05) is 26.1 Å². The molecule has 2 fully saturated rings. The highest BCUT2D eigenvalue weighted by Crippen LogP contribution is 2.26. The number of carboxylic acids is 1. The zero-order valence-electron chi connectivity index (χ0n) is 12.0. The van der Waals surface area contributed by atoms with Crippen LogP contribution in [0.3, 0.4) is 0 Å². The number of carbonyl (C=O) groups is 1. The van der Waals surface area contributed by atoms with Crippen LogP contribution in [0.1, 0.15) is 32.6 Å². The molecule has 0 aliphatic carbocycles. The van der Waals surface area contributed by atoms with Gasteiger partial charge in [0.15, 0.2) is 0 Å². The minimum absolute atomic E-state index is 0.177. The Balaban J connectivity index is 2.05. The summed E-state index contributed by atoms with van der Waals surface area (Å²) in [6, 6.07) is -1.04. The van der Waals surface area contributed by atoms with E-state index in [-0.39, 0.29) is 13.1 Å². The molecule has 8 nitrogen and oxygen atoms in total. The maximum atomic E-state index is 12.3. The minimum Gasteiger partial charge on any atom is -0.480 e. The lowest BCUT2D eigenvalue weighted by Gasteiger charge is -2.33. The summed E-state index contributed by atoms with van der Waals surface area (Å²) in [7, 11) is -3.94. The molecule has 0 spiro atoms. The van der Waals surface area contributed by atoms with E-state index in [1.54, 1.807) is 6.92 Å². The summed E-state index contributed by atoms with van der Waals surface area (Å²) in [5, 5.41) is 19.5. The van der Waals surface area contributed by atoms with Gasteiger partial charge in [-0.1, -0.05) is 0 Å². The van der Waals surface area contributed by atoms with Crippen LogP contribution < -0.4 is 4.72 Å². The van der Waals surface area contributed by atoms with Gasteiger partial charge < -0.3 is 14.9 Å². The third-order valence-electron chi connectivity index (χ3n) is 4.27. The van der Waals surface area contributed by atoms with E-state index in [1.165, 1.54) is 0 Å². The van der Waals surface area contributed by atoms with E-state index >= 15 is 0 Å². The molecule has 2 aliphatic heterocycles. The number of carboxylic acid groups (broad SMARTS) is 1. The first-order valence-corrected chi connectivity index (χ1v) is 8.53. The summed E-state index contributed by atoms with van der Waals surface area (Å²) in [5.41, 5.74) is -1.25. The standard InChI is InChI=1S/C12H22N2O6S/c1-9-12(17,5-7-20-9)8-13-21(18,19)14-6-3-2-4-10(14)11(15)16/h9-10,13,17H,2-8H2,1H3,(H,15,16). The second-order valence-electron chi connectivity index (χ2n) is 5.65. The maximum Gasteiger partial charge on any atom is 0.322 e. The van der Waals surface area contributed by atoms with Gasteiger partial charge in [0.2, 0.25) is 0 Å². The van der Waals surface area contributed by atoms with E-state index in [0.717, 1.165) is 4.31 Å². The number of aliphatic hydroxyl groups is 1. The predicted octanol–water partition coefficient (Wildman–Crippen LogP) is -0.700. The molecular formula is C12H22N2O6S. The summed E-state index contributed by atoms with van der Waals surface area (Å²) in [5.74, 6) is -1.14. The van der Waals surface area contributed by atoms with Crippen LogP contribution in [0.25, 0.3) is 0 Å². The molecule has 2 saturated heterocycles. The Morgan fingerprint density at radius 3 is 2.76 bits per heavy atom. The number of hydrogen-bond acceptors (Lipinski definition) is 5. The average Bonchev–Trinajstić information content (AvgIpc) is 2.77. The molecule has 2 aliphatic rings. The first-order valence-electron chi connectivity index (χ1n) is 7.09. The molecule has 21 heavy (non-hydrogen) atoms. The summed E-state index contributed by atoms with van der Waals surface area (Å²) < 4.78 is 33.2. The topological polar surface area (TPSA) is 116 Å². The fourth-order valence-corrected chi connectivity index (χ4v) is 4.24. The van der Waals surface area contributed by atoms with E-state index in [0.29, 0.717) is 32.3 Å². The van der Waals surface area contributed by atoms with Crippen molar-refractivity contribution in [2.45, 2.75) is 50.4 Å². The molecule has 3 unspecified atom stereocenters. The zero-order valence-corrected chi connectivity index (χ0v) is 12.8. The van der Waals surface area contributed by atoms with Gasteiger partial charge in [0.05, 0.1) is 6.10 Å². The van der Waals surface area contributed by atoms with Gasteiger partial charge in [0.1, 0.15) is 11.6 Å². The van der Waals surface area contributed by atoms with Crippen LogP contribution >= 0.6 is 0 Å². The second-order valence-corrected chi connectivity index (χ2v) is 7.36. The van der Waals surface area contributed by atoms with Crippen molar-refractivity contribution >= 4 is 16.2 Å². The largest absolute Gasteiger partial charge is 0.480 e. The molecule has 2 heterocycles. The van der Waals surface area contributed by atoms with Crippen LogP contribution in [0, 0.1) is 0 Å². The Bertz CT molecular complexity index is 496. The molecule has 9 heteroatoms. The minimum atomic E-state index is -3.94. The van der Waals surface area contributed by atoms with E-state index in [2.05, 4.69) is 4.72 Å².